The van der Waals surface area contributed by atoms with Crippen molar-refractivity contribution in [2.45, 2.75) is 13.0 Å². The fourth-order valence-corrected chi connectivity index (χ4v) is 2.83. The summed E-state index contributed by atoms with van der Waals surface area (Å²) >= 11 is 0. The normalized spacial score (nSPS) is 10.9. The molecule has 0 unspecified atom stereocenters. The van der Waals surface area contributed by atoms with E-state index in [1.165, 1.54) is 12.3 Å². The minimum atomic E-state index is -2.61. The summed E-state index contributed by atoms with van der Waals surface area (Å²) < 4.78 is 27.4. The fourth-order valence-electron chi connectivity index (χ4n) is 2.83. The van der Waals surface area contributed by atoms with Gasteiger partial charge in [0.15, 0.2) is 0 Å². The summed E-state index contributed by atoms with van der Waals surface area (Å²) in [5.41, 5.74) is 3.36. The first kappa shape index (κ1) is 19.3. The molecule has 0 saturated heterocycles. The molecule has 30 heavy (non-hydrogen) atoms. The van der Waals surface area contributed by atoms with Gasteiger partial charge < -0.3 is 5.32 Å². The Balaban J connectivity index is 1.40. The van der Waals surface area contributed by atoms with Crippen LogP contribution in [0.3, 0.4) is 0 Å². The fraction of sp³-hybridized carbons (Fsp3) is 0.0952. The first-order valence-electron chi connectivity index (χ1n) is 9.02. The molecule has 0 atom stereocenters. The number of anilines is 1. The monoisotopic (exact) mass is 405 g/mol. The Morgan fingerprint density at radius 2 is 1.87 bits per heavy atom. The average Bonchev–Trinajstić information content (AvgIpc) is 3.23. The lowest BCUT2D eigenvalue weighted by Crippen LogP contribution is -2.08. The molecule has 9 heteroatoms. The van der Waals surface area contributed by atoms with Gasteiger partial charge in [-0.25, -0.2) is 13.8 Å². The third-order valence-corrected chi connectivity index (χ3v) is 4.25. The van der Waals surface area contributed by atoms with Crippen molar-refractivity contribution < 1.29 is 8.78 Å². The van der Waals surface area contributed by atoms with E-state index in [0.29, 0.717) is 23.6 Å². The maximum Gasteiger partial charge on any atom is 0.280 e. The number of pyridine rings is 2. The van der Waals surface area contributed by atoms with E-state index in [1.807, 2.05) is 12.1 Å². The molecule has 0 amide bonds. The van der Waals surface area contributed by atoms with Crippen LogP contribution in [0.5, 0.6) is 0 Å². The molecular formula is C21H17F2N7. The van der Waals surface area contributed by atoms with Crippen molar-refractivity contribution in [3.8, 4) is 22.4 Å². The second-order valence-corrected chi connectivity index (χ2v) is 6.45. The lowest BCUT2D eigenvalue weighted by Gasteiger charge is -2.09. The Bertz CT molecular complexity index is 1140. The van der Waals surface area contributed by atoms with Crippen LogP contribution in [0.1, 0.15) is 12.1 Å². The molecule has 7 nitrogen and oxygen atoms in total. The number of hydrogen-bond donors (Lipinski definition) is 1. The highest BCUT2D eigenvalue weighted by atomic mass is 19.3. The lowest BCUT2D eigenvalue weighted by atomic mass is 10.1. The molecule has 0 aromatic carbocycles. The van der Waals surface area contributed by atoms with Crippen LogP contribution in [0.2, 0.25) is 0 Å². The van der Waals surface area contributed by atoms with E-state index in [2.05, 4.69) is 36.9 Å². The number of aromatic nitrogens is 6. The third-order valence-electron chi connectivity index (χ3n) is 4.25. The van der Waals surface area contributed by atoms with Gasteiger partial charge in [0.1, 0.15) is 11.5 Å². The molecule has 0 fully saturated rings. The van der Waals surface area contributed by atoms with Crippen molar-refractivity contribution >= 4 is 5.82 Å². The summed E-state index contributed by atoms with van der Waals surface area (Å²) in [6.07, 6.45) is 8.75. The summed E-state index contributed by atoms with van der Waals surface area (Å²) in [5.74, 6) is 0.635. The van der Waals surface area contributed by atoms with Crippen LogP contribution in [0.4, 0.5) is 14.6 Å². The van der Waals surface area contributed by atoms with E-state index in [-0.39, 0.29) is 5.69 Å². The average molecular weight is 405 g/mol. The zero-order chi connectivity index (χ0) is 20.9. The predicted octanol–water partition coefficient (Wildman–Crippen LogP) is 4.36. The van der Waals surface area contributed by atoms with Gasteiger partial charge >= 0.3 is 0 Å². The maximum absolute atomic E-state index is 12.9. The van der Waals surface area contributed by atoms with Crippen molar-refractivity contribution in [2.24, 2.45) is 0 Å². The Morgan fingerprint density at radius 1 is 0.967 bits per heavy atom. The van der Waals surface area contributed by atoms with Crippen molar-refractivity contribution in [3.05, 3.63) is 85.6 Å². The molecule has 1 N–H and O–H groups in total. The molecule has 4 aromatic rings. The first-order valence-corrected chi connectivity index (χ1v) is 9.02. The number of nitrogens with zero attached hydrogens (tertiary/aromatic N) is 6. The van der Waals surface area contributed by atoms with Gasteiger partial charge in [-0.15, -0.1) is 0 Å². The van der Waals surface area contributed by atoms with E-state index in [1.54, 1.807) is 47.9 Å². The first-order chi connectivity index (χ1) is 14.6. The van der Waals surface area contributed by atoms with Gasteiger partial charge in [0.25, 0.3) is 6.43 Å². The molecule has 0 bridgehead atoms. The Hall–Kier alpha value is -4.01. The zero-order valence-corrected chi connectivity index (χ0v) is 15.8. The summed E-state index contributed by atoms with van der Waals surface area (Å²) in [6.45, 7) is 4.39. The Labute approximate surface area is 171 Å². The van der Waals surface area contributed by atoms with Gasteiger partial charge in [-0.2, -0.15) is 5.10 Å². The summed E-state index contributed by atoms with van der Waals surface area (Å²) in [6, 6.07) is 6.75. The van der Waals surface area contributed by atoms with Crippen LogP contribution in [0.15, 0.2) is 79.9 Å². The number of allylic oxidation sites excluding steroid dienone is 1. The van der Waals surface area contributed by atoms with Gasteiger partial charge in [-0.1, -0.05) is 6.58 Å². The standard InChI is InChI=1S/C21H17F2N7/c1-14(29-20-3-2-16(9-27-20)19-11-24-6-7-26-19)12-30-13-17(10-28-30)15-4-5-25-18(8-15)21(22)23/h2-11,13,21H,1,12H2,(H,27,29). The number of alkyl halides is 2. The van der Waals surface area contributed by atoms with Gasteiger partial charge in [-0.3, -0.25) is 19.6 Å². The second kappa shape index (κ2) is 8.56. The van der Waals surface area contributed by atoms with E-state index in [0.717, 1.165) is 16.8 Å². The van der Waals surface area contributed by atoms with Crippen LogP contribution in [-0.4, -0.2) is 29.7 Å². The topological polar surface area (TPSA) is 81.4 Å². The van der Waals surface area contributed by atoms with Crippen molar-refractivity contribution in [1.29, 1.82) is 0 Å². The smallest absolute Gasteiger partial charge is 0.280 e. The van der Waals surface area contributed by atoms with Gasteiger partial charge in [-0.05, 0) is 29.8 Å². The minimum absolute atomic E-state index is 0.262. The summed E-state index contributed by atoms with van der Waals surface area (Å²) in [4.78, 5) is 16.3. The minimum Gasteiger partial charge on any atom is -0.343 e. The maximum atomic E-state index is 12.9. The summed E-state index contributed by atoms with van der Waals surface area (Å²) in [5, 5.41) is 7.41. The molecule has 0 radical (unpaired) electrons. The van der Waals surface area contributed by atoms with Crippen LogP contribution in [-0.2, 0) is 6.54 Å². The molecule has 0 aliphatic carbocycles. The molecule has 0 saturated carbocycles. The van der Waals surface area contributed by atoms with Crippen LogP contribution < -0.4 is 5.32 Å². The molecule has 4 heterocycles. The number of hydrogen-bond acceptors (Lipinski definition) is 6. The number of nitrogens with one attached hydrogen (secondary N) is 1. The molecule has 150 valence electrons. The van der Waals surface area contributed by atoms with Crippen LogP contribution in [0, 0.1) is 0 Å². The lowest BCUT2D eigenvalue weighted by molar-refractivity contribution is 0.146. The largest absolute Gasteiger partial charge is 0.343 e. The number of halogens is 2. The molecule has 0 aliphatic rings. The molecule has 0 aliphatic heterocycles. The van der Waals surface area contributed by atoms with Crippen LogP contribution in [0.25, 0.3) is 22.4 Å². The Morgan fingerprint density at radius 3 is 2.60 bits per heavy atom. The highest BCUT2D eigenvalue weighted by molar-refractivity contribution is 5.62. The zero-order valence-electron chi connectivity index (χ0n) is 15.8. The van der Waals surface area contributed by atoms with E-state index in [9.17, 15) is 8.78 Å². The molecule has 4 rings (SSSR count). The molecule has 0 spiro atoms. The van der Waals surface area contributed by atoms with Crippen LogP contribution >= 0.6 is 0 Å². The molecule has 4 aromatic heterocycles. The number of rotatable bonds is 7. The molecular weight excluding hydrogens is 388 g/mol. The van der Waals surface area contributed by atoms with Crippen molar-refractivity contribution in [3.63, 3.8) is 0 Å². The van der Waals surface area contributed by atoms with E-state index >= 15 is 0 Å². The second-order valence-electron chi connectivity index (χ2n) is 6.45. The van der Waals surface area contributed by atoms with Gasteiger partial charge in [0.2, 0.25) is 0 Å². The highest BCUT2D eigenvalue weighted by Gasteiger charge is 2.11. The van der Waals surface area contributed by atoms with Gasteiger partial charge in [0.05, 0.1) is 24.6 Å². The van der Waals surface area contributed by atoms with Crippen molar-refractivity contribution in [2.75, 3.05) is 5.32 Å². The predicted molar refractivity (Wildman–Crippen MR) is 108 cm³/mol. The van der Waals surface area contributed by atoms with E-state index < -0.39 is 6.43 Å². The van der Waals surface area contributed by atoms with E-state index in [4.69, 9.17) is 0 Å². The highest BCUT2D eigenvalue weighted by Crippen LogP contribution is 2.24. The Kier molecular flexibility index (Phi) is 5.51. The van der Waals surface area contributed by atoms with Gasteiger partial charge in [0, 0.05) is 47.8 Å². The summed E-state index contributed by atoms with van der Waals surface area (Å²) in [7, 11) is 0. The third kappa shape index (κ3) is 4.52. The van der Waals surface area contributed by atoms with Crippen molar-refractivity contribution in [1.82, 2.24) is 29.7 Å². The quantitative estimate of drug-likeness (QED) is 0.492. The SMILES string of the molecule is C=C(Cn1cc(-c2ccnc(C(F)F)c2)cn1)Nc1ccc(-c2cnccn2)cn1.